The largest absolute Gasteiger partial charge is 0.206 e. The molecule has 1 saturated carbocycles. The maximum Gasteiger partial charge on any atom is 0.194 e. The standard InChI is InChI=1S/C29H26F6/c1-2-3-17-4-6-18(7-5-17)21-12-13-23(24(30)14-21)19-8-10-20(11-9-19)27(33)28(34)22-15-25(31)29(35)26(32)16-22/h8-18H,2-7H2,1H3. The van der Waals surface area contributed by atoms with Gasteiger partial charge in [0.25, 0.3) is 0 Å². The van der Waals surface area contributed by atoms with Gasteiger partial charge >= 0.3 is 0 Å². The van der Waals surface area contributed by atoms with Crippen LogP contribution in [0, 0.1) is 29.2 Å². The van der Waals surface area contributed by atoms with Crippen molar-refractivity contribution >= 4 is 11.7 Å². The molecule has 3 aromatic carbocycles. The molecule has 35 heavy (non-hydrogen) atoms. The monoisotopic (exact) mass is 488 g/mol. The first-order chi connectivity index (χ1) is 16.8. The highest BCUT2D eigenvalue weighted by molar-refractivity contribution is 5.83. The predicted molar refractivity (Wildman–Crippen MR) is 127 cm³/mol. The van der Waals surface area contributed by atoms with E-state index in [-0.39, 0.29) is 11.4 Å². The fraction of sp³-hybridized carbons (Fsp3) is 0.310. The topological polar surface area (TPSA) is 0 Å². The molecule has 0 aromatic heterocycles. The van der Waals surface area contributed by atoms with E-state index >= 15 is 0 Å². The average molecular weight is 489 g/mol. The van der Waals surface area contributed by atoms with Gasteiger partial charge in [-0.2, -0.15) is 0 Å². The van der Waals surface area contributed by atoms with E-state index in [1.54, 1.807) is 12.1 Å². The van der Waals surface area contributed by atoms with Gasteiger partial charge in [0.05, 0.1) is 0 Å². The van der Waals surface area contributed by atoms with Gasteiger partial charge in [-0.25, -0.2) is 26.3 Å². The summed E-state index contributed by atoms with van der Waals surface area (Å²) in [6, 6.07) is 11.4. The highest BCUT2D eigenvalue weighted by Gasteiger charge is 2.23. The lowest BCUT2D eigenvalue weighted by molar-refractivity contribution is 0.308. The van der Waals surface area contributed by atoms with Crippen molar-refractivity contribution in [3.05, 3.63) is 94.6 Å². The SMILES string of the molecule is CCCC1CCC(c2ccc(-c3ccc(C(F)=C(F)c4cc(F)c(F)c(F)c4)cc3)c(F)c2)CC1. The summed E-state index contributed by atoms with van der Waals surface area (Å²) in [5, 5.41) is 0. The van der Waals surface area contributed by atoms with Gasteiger partial charge in [-0.1, -0.05) is 56.2 Å². The molecule has 184 valence electrons. The normalized spacial score (nSPS) is 18.9. The Balaban J connectivity index is 1.52. The lowest BCUT2D eigenvalue weighted by Crippen LogP contribution is -2.13. The smallest absolute Gasteiger partial charge is 0.194 e. The fourth-order valence-corrected chi connectivity index (χ4v) is 4.94. The lowest BCUT2D eigenvalue weighted by Gasteiger charge is -2.28. The van der Waals surface area contributed by atoms with E-state index in [1.807, 2.05) is 6.07 Å². The molecule has 3 aromatic rings. The van der Waals surface area contributed by atoms with Crippen LogP contribution in [0.3, 0.4) is 0 Å². The van der Waals surface area contributed by atoms with E-state index < -0.39 is 34.7 Å². The molecule has 0 N–H and O–H groups in total. The molecule has 1 aliphatic carbocycles. The summed E-state index contributed by atoms with van der Waals surface area (Å²) in [4.78, 5) is 0. The van der Waals surface area contributed by atoms with E-state index in [0.29, 0.717) is 29.2 Å². The van der Waals surface area contributed by atoms with Crippen LogP contribution in [0.1, 0.15) is 68.1 Å². The van der Waals surface area contributed by atoms with E-state index in [0.717, 1.165) is 37.2 Å². The first-order valence-electron chi connectivity index (χ1n) is 11.9. The highest BCUT2D eigenvalue weighted by Crippen LogP contribution is 2.39. The van der Waals surface area contributed by atoms with E-state index in [4.69, 9.17) is 0 Å². The van der Waals surface area contributed by atoms with Crippen molar-refractivity contribution in [2.75, 3.05) is 0 Å². The van der Waals surface area contributed by atoms with Crippen LogP contribution >= 0.6 is 0 Å². The maximum absolute atomic E-state index is 15.0. The summed E-state index contributed by atoms with van der Waals surface area (Å²) in [5.74, 6) is -7.17. The molecule has 0 heterocycles. The Morgan fingerprint density at radius 3 is 1.89 bits per heavy atom. The third-order valence-corrected chi connectivity index (χ3v) is 6.89. The van der Waals surface area contributed by atoms with Crippen LogP contribution in [0.5, 0.6) is 0 Å². The Kier molecular flexibility index (Phi) is 7.68. The molecule has 0 radical (unpaired) electrons. The van der Waals surface area contributed by atoms with Gasteiger partial charge < -0.3 is 0 Å². The Morgan fingerprint density at radius 2 is 1.31 bits per heavy atom. The van der Waals surface area contributed by atoms with Gasteiger partial charge in [0.2, 0.25) is 0 Å². The van der Waals surface area contributed by atoms with E-state index in [2.05, 4.69) is 6.92 Å². The number of hydrogen-bond donors (Lipinski definition) is 0. The van der Waals surface area contributed by atoms with Crippen LogP contribution < -0.4 is 0 Å². The molecule has 0 amide bonds. The summed E-state index contributed by atoms with van der Waals surface area (Å²) >= 11 is 0. The quantitative estimate of drug-likeness (QED) is 0.184. The van der Waals surface area contributed by atoms with Crippen molar-refractivity contribution in [3.8, 4) is 11.1 Å². The van der Waals surface area contributed by atoms with Crippen molar-refractivity contribution in [1.82, 2.24) is 0 Å². The molecule has 0 spiro atoms. The average Bonchev–Trinajstić information content (AvgIpc) is 2.87. The Bertz CT molecular complexity index is 1200. The molecular weight excluding hydrogens is 462 g/mol. The molecule has 0 bridgehead atoms. The van der Waals surface area contributed by atoms with Crippen LogP contribution in [0.4, 0.5) is 26.3 Å². The zero-order chi connectivity index (χ0) is 25.1. The second-order valence-electron chi connectivity index (χ2n) is 9.20. The van der Waals surface area contributed by atoms with Crippen LogP contribution in [0.2, 0.25) is 0 Å². The zero-order valence-corrected chi connectivity index (χ0v) is 19.4. The Labute approximate surface area is 201 Å². The van der Waals surface area contributed by atoms with Crippen molar-refractivity contribution < 1.29 is 26.3 Å². The molecule has 1 fully saturated rings. The van der Waals surface area contributed by atoms with Gasteiger partial charge in [0.15, 0.2) is 29.1 Å². The minimum atomic E-state index is -1.76. The van der Waals surface area contributed by atoms with Gasteiger partial charge in [-0.3, -0.25) is 0 Å². The molecule has 0 saturated heterocycles. The molecule has 0 nitrogen and oxygen atoms in total. The molecule has 0 unspecified atom stereocenters. The Morgan fingerprint density at radius 1 is 0.714 bits per heavy atom. The van der Waals surface area contributed by atoms with Crippen molar-refractivity contribution in [2.24, 2.45) is 5.92 Å². The molecule has 0 aliphatic heterocycles. The summed E-state index contributed by atoms with van der Waals surface area (Å²) in [5.41, 5.74) is 0.849. The number of halogens is 6. The number of benzene rings is 3. The predicted octanol–water partition coefficient (Wildman–Crippen LogP) is 9.75. The van der Waals surface area contributed by atoms with Crippen LogP contribution in [0.15, 0.2) is 54.6 Å². The second kappa shape index (κ2) is 10.7. The van der Waals surface area contributed by atoms with E-state index in [1.165, 1.54) is 37.1 Å². The summed E-state index contributed by atoms with van der Waals surface area (Å²) in [6.07, 6.45) is 6.86. The first-order valence-corrected chi connectivity index (χ1v) is 11.9. The van der Waals surface area contributed by atoms with Crippen molar-refractivity contribution in [1.29, 1.82) is 0 Å². The van der Waals surface area contributed by atoms with Gasteiger partial charge in [-0.05, 0) is 66.8 Å². The van der Waals surface area contributed by atoms with Crippen molar-refractivity contribution in [3.63, 3.8) is 0 Å². The summed E-state index contributed by atoms with van der Waals surface area (Å²) in [6.45, 7) is 2.20. The highest BCUT2D eigenvalue weighted by atomic mass is 19.2. The Hall–Kier alpha value is -3.02. The third-order valence-electron chi connectivity index (χ3n) is 6.89. The molecule has 0 atom stereocenters. The lowest BCUT2D eigenvalue weighted by atomic mass is 9.77. The third kappa shape index (κ3) is 5.47. The minimum Gasteiger partial charge on any atom is -0.206 e. The van der Waals surface area contributed by atoms with Crippen LogP contribution in [0.25, 0.3) is 22.8 Å². The number of rotatable bonds is 6. The zero-order valence-electron chi connectivity index (χ0n) is 19.4. The first kappa shape index (κ1) is 25.1. The van der Waals surface area contributed by atoms with Gasteiger partial charge in [-0.15, -0.1) is 0 Å². The summed E-state index contributed by atoms with van der Waals surface area (Å²) < 4.78 is 83.9. The second-order valence-corrected chi connectivity index (χ2v) is 9.20. The van der Waals surface area contributed by atoms with Crippen LogP contribution in [-0.2, 0) is 0 Å². The fourth-order valence-electron chi connectivity index (χ4n) is 4.94. The summed E-state index contributed by atoms with van der Waals surface area (Å²) in [7, 11) is 0. The maximum atomic E-state index is 15.0. The minimum absolute atomic E-state index is 0.197. The van der Waals surface area contributed by atoms with Gasteiger partial charge in [0.1, 0.15) is 5.82 Å². The van der Waals surface area contributed by atoms with Crippen LogP contribution in [-0.4, -0.2) is 0 Å². The molecular formula is C29H26F6. The molecule has 1 aliphatic rings. The molecule has 6 heteroatoms. The van der Waals surface area contributed by atoms with Crippen molar-refractivity contribution in [2.45, 2.75) is 51.4 Å². The van der Waals surface area contributed by atoms with E-state index in [9.17, 15) is 26.3 Å². The van der Waals surface area contributed by atoms with Gasteiger partial charge in [0, 0.05) is 16.7 Å². The number of hydrogen-bond acceptors (Lipinski definition) is 0. The molecule has 4 rings (SSSR count).